The van der Waals surface area contributed by atoms with Crippen molar-refractivity contribution < 1.29 is 9.90 Å². The van der Waals surface area contributed by atoms with Crippen LogP contribution in [0.2, 0.25) is 0 Å². The summed E-state index contributed by atoms with van der Waals surface area (Å²) in [4.78, 5) is 12.4. The van der Waals surface area contributed by atoms with Crippen molar-refractivity contribution in [3.05, 3.63) is 12.3 Å². The molecule has 3 nitrogen and oxygen atoms in total. The van der Waals surface area contributed by atoms with Crippen LogP contribution in [-0.4, -0.2) is 28.6 Å². The lowest BCUT2D eigenvalue weighted by Crippen LogP contribution is -2.28. The molecule has 0 aromatic carbocycles. The molecule has 1 aliphatic rings. The Morgan fingerprint density at radius 2 is 2.55 bits per heavy atom. The zero-order valence-electron chi connectivity index (χ0n) is 6.66. The summed E-state index contributed by atoms with van der Waals surface area (Å²) in [7, 11) is 0. The molecule has 11 heavy (non-hydrogen) atoms. The van der Waals surface area contributed by atoms with Gasteiger partial charge in [0.05, 0.1) is 6.42 Å². The van der Waals surface area contributed by atoms with Crippen molar-refractivity contribution >= 4 is 5.97 Å². The minimum Gasteiger partial charge on any atom is -0.481 e. The molecular formula is C8H13NO2. The Morgan fingerprint density at radius 1 is 1.82 bits per heavy atom. The highest BCUT2D eigenvalue weighted by Crippen LogP contribution is 2.11. The smallest absolute Gasteiger partial charge is 0.305 e. The van der Waals surface area contributed by atoms with Gasteiger partial charge in [0.25, 0.3) is 0 Å². The van der Waals surface area contributed by atoms with Gasteiger partial charge in [-0.05, 0) is 19.5 Å². The summed E-state index contributed by atoms with van der Waals surface area (Å²) in [6.07, 6.45) is 5.32. The minimum absolute atomic E-state index is 0.131. The van der Waals surface area contributed by atoms with Crippen molar-refractivity contribution in [3.63, 3.8) is 0 Å². The Bertz CT molecular complexity index is 177. The van der Waals surface area contributed by atoms with Gasteiger partial charge in [0.1, 0.15) is 0 Å². The Kier molecular flexibility index (Phi) is 2.52. The van der Waals surface area contributed by atoms with Gasteiger partial charge in [0.2, 0.25) is 0 Å². The summed E-state index contributed by atoms with van der Waals surface area (Å²) < 4.78 is 0. The van der Waals surface area contributed by atoms with E-state index in [4.69, 9.17) is 5.11 Å². The first-order valence-corrected chi connectivity index (χ1v) is 3.84. The second-order valence-electron chi connectivity index (χ2n) is 2.86. The van der Waals surface area contributed by atoms with E-state index in [1.807, 2.05) is 13.1 Å². The predicted octanol–water partition coefficient (Wildman–Crippen LogP) is 1.07. The van der Waals surface area contributed by atoms with Crippen LogP contribution in [0.15, 0.2) is 12.3 Å². The van der Waals surface area contributed by atoms with Crippen LogP contribution in [0.3, 0.4) is 0 Å². The average Bonchev–Trinajstić information content (AvgIpc) is 2.35. The third-order valence-corrected chi connectivity index (χ3v) is 1.89. The molecule has 0 radical (unpaired) electrons. The van der Waals surface area contributed by atoms with Crippen molar-refractivity contribution in [2.75, 3.05) is 6.54 Å². The Morgan fingerprint density at radius 3 is 3.00 bits per heavy atom. The highest BCUT2D eigenvalue weighted by Gasteiger charge is 2.14. The van der Waals surface area contributed by atoms with E-state index in [9.17, 15) is 4.79 Å². The van der Waals surface area contributed by atoms with Crippen LogP contribution in [-0.2, 0) is 4.79 Å². The van der Waals surface area contributed by atoms with Crippen molar-refractivity contribution in [2.45, 2.75) is 25.8 Å². The average molecular weight is 155 g/mol. The molecule has 0 bridgehead atoms. The summed E-state index contributed by atoms with van der Waals surface area (Å²) in [5.74, 6) is -0.724. The topological polar surface area (TPSA) is 40.5 Å². The van der Waals surface area contributed by atoms with Gasteiger partial charge in [-0.1, -0.05) is 6.08 Å². The first-order chi connectivity index (χ1) is 5.20. The predicted molar refractivity (Wildman–Crippen MR) is 42.2 cm³/mol. The first kappa shape index (κ1) is 8.11. The van der Waals surface area contributed by atoms with Crippen LogP contribution in [0, 0.1) is 0 Å². The molecule has 1 heterocycles. The van der Waals surface area contributed by atoms with Crippen molar-refractivity contribution in [1.29, 1.82) is 0 Å². The van der Waals surface area contributed by atoms with E-state index in [-0.39, 0.29) is 12.5 Å². The normalized spacial score (nSPS) is 18.8. The van der Waals surface area contributed by atoms with Gasteiger partial charge in [0, 0.05) is 12.6 Å². The van der Waals surface area contributed by atoms with E-state index < -0.39 is 5.97 Å². The SMILES string of the molecule is CC(CC(=O)O)N1C=CCC1. The highest BCUT2D eigenvalue weighted by atomic mass is 16.4. The van der Waals surface area contributed by atoms with Crippen LogP contribution < -0.4 is 0 Å². The number of nitrogens with zero attached hydrogens (tertiary/aromatic N) is 1. The largest absolute Gasteiger partial charge is 0.481 e. The molecule has 0 aromatic rings. The van der Waals surface area contributed by atoms with E-state index in [0.717, 1.165) is 13.0 Å². The summed E-state index contributed by atoms with van der Waals surface area (Å²) in [5, 5.41) is 8.49. The maximum absolute atomic E-state index is 10.3. The number of carboxylic acid groups (broad SMARTS) is 1. The van der Waals surface area contributed by atoms with E-state index in [0.29, 0.717) is 0 Å². The van der Waals surface area contributed by atoms with Gasteiger partial charge in [-0.3, -0.25) is 4.79 Å². The Balaban J connectivity index is 2.34. The highest BCUT2D eigenvalue weighted by molar-refractivity contribution is 5.67. The summed E-state index contributed by atoms with van der Waals surface area (Å²) >= 11 is 0. The molecule has 1 aliphatic heterocycles. The number of hydrogen-bond donors (Lipinski definition) is 1. The number of carbonyl (C=O) groups is 1. The van der Waals surface area contributed by atoms with Gasteiger partial charge in [-0.25, -0.2) is 0 Å². The molecule has 0 saturated heterocycles. The molecule has 0 amide bonds. The number of carboxylic acids is 1. The quantitative estimate of drug-likeness (QED) is 0.662. The molecule has 0 aromatic heterocycles. The van der Waals surface area contributed by atoms with Crippen LogP contribution in [0.4, 0.5) is 0 Å². The van der Waals surface area contributed by atoms with Gasteiger partial charge >= 0.3 is 5.97 Å². The van der Waals surface area contributed by atoms with Crippen molar-refractivity contribution in [1.82, 2.24) is 4.90 Å². The van der Waals surface area contributed by atoms with Crippen LogP contribution in [0.1, 0.15) is 19.8 Å². The van der Waals surface area contributed by atoms with E-state index >= 15 is 0 Å². The Labute approximate surface area is 66.3 Å². The standard InChI is InChI=1S/C8H13NO2/c1-7(6-8(10)11)9-4-2-3-5-9/h2,4,7H,3,5-6H2,1H3,(H,10,11). The number of aliphatic carboxylic acids is 1. The van der Waals surface area contributed by atoms with Crippen LogP contribution in [0.5, 0.6) is 0 Å². The molecule has 3 heteroatoms. The van der Waals surface area contributed by atoms with Crippen LogP contribution in [0.25, 0.3) is 0 Å². The molecule has 62 valence electrons. The number of hydrogen-bond acceptors (Lipinski definition) is 2. The molecule has 1 N–H and O–H groups in total. The summed E-state index contributed by atoms with van der Waals surface area (Å²) in [5.41, 5.74) is 0. The molecular weight excluding hydrogens is 142 g/mol. The van der Waals surface area contributed by atoms with Gasteiger partial charge in [-0.2, -0.15) is 0 Å². The lowest BCUT2D eigenvalue weighted by atomic mass is 10.2. The third-order valence-electron chi connectivity index (χ3n) is 1.89. The molecule has 0 spiro atoms. The van der Waals surface area contributed by atoms with E-state index in [1.165, 1.54) is 0 Å². The fraction of sp³-hybridized carbons (Fsp3) is 0.625. The van der Waals surface area contributed by atoms with Crippen molar-refractivity contribution in [3.8, 4) is 0 Å². The molecule has 0 aliphatic carbocycles. The van der Waals surface area contributed by atoms with E-state index in [1.54, 1.807) is 0 Å². The summed E-state index contributed by atoms with van der Waals surface area (Å²) in [6.45, 7) is 2.90. The fourth-order valence-electron chi connectivity index (χ4n) is 1.25. The molecule has 0 fully saturated rings. The lowest BCUT2D eigenvalue weighted by Gasteiger charge is -2.22. The fourth-order valence-corrected chi connectivity index (χ4v) is 1.25. The lowest BCUT2D eigenvalue weighted by molar-refractivity contribution is -0.138. The van der Waals surface area contributed by atoms with Crippen LogP contribution >= 0.6 is 0 Å². The van der Waals surface area contributed by atoms with E-state index in [2.05, 4.69) is 11.0 Å². The zero-order valence-corrected chi connectivity index (χ0v) is 6.66. The Hall–Kier alpha value is -0.990. The maximum atomic E-state index is 10.3. The monoisotopic (exact) mass is 155 g/mol. The van der Waals surface area contributed by atoms with Crippen molar-refractivity contribution in [2.24, 2.45) is 0 Å². The zero-order chi connectivity index (χ0) is 8.27. The second kappa shape index (κ2) is 3.42. The molecule has 1 atom stereocenters. The van der Waals surface area contributed by atoms with Gasteiger partial charge < -0.3 is 10.0 Å². The summed E-state index contributed by atoms with van der Waals surface area (Å²) in [6, 6.07) is 0.131. The van der Waals surface area contributed by atoms with Gasteiger partial charge in [-0.15, -0.1) is 0 Å². The molecule has 1 unspecified atom stereocenters. The minimum atomic E-state index is -0.724. The van der Waals surface area contributed by atoms with Gasteiger partial charge in [0.15, 0.2) is 0 Å². The first-order valence-electron chi connectivity index (χ1n) is 3.84. The molecule has 1 rings (SSSR count). The maximum Gasteiger partial charge on any atom is 0.305 e. The third kappa shape index (κ3) is 2.26. The molecule has 0 saturated carbocycles. The second-order valence-corrected chi connectivity index (χ2v) is 2.86. The number of rotatable bonds is 3.